The van der Waals surface area contributed by atoms with Crippen LogP contribution in [0.25, 0.3) is 0 Å². The summed E-state index contributed by atoms with van der Waals surface area (Å²) < 4.78 is 0. The Hall–Kier alpha value is -1.22. The van der Waals surface area contributed by atoms with Gasteiger partial charge in [-0.05, 0) is 58.8 Å². The summed E-state index contributed by atoms with van der Waals surface area (Å²) in [7, 11) is 0. The van der Waals surface area contributed by atoms with Crippen molar-refractivity contribution >= 4 is 5.78 Å². The van der Waals surface area contributed by atoms with Crippen LogP contribution in [-0.2, 0) is 0 Å². The number of carbonyl (C=O) groups is 1. The summed E-state index contributed by atoms with van der Waals surface area (Å²) >= 11 is 0. The summed E-state index contributed by atoms with van der Waals surface area (Å²) in [6, 6.07) is 3.79. The molecule has 0 aromatic carbocycles. The van der Waals surface area contributed by atoms with Crippen LogP contribution < -0.4 is 0 Å². The van der Waals surface area contributed by atoms with Gasteiger partial charge in [0.25, 0.3) is 0 Å². The zero-order valence-corrected chi connectivity index (χ0v) is 11.6. The van der Waals surface area contributed by atoms with E-state index in [9.17, 15) is 4.79 Å². The fourth-order valence-electron chi connectivity index (χ4n) is 2.55. The Balaban J connectivity index is 2.17. The second-order valence-corrected chi connectivity index (χ2v) is 5.62. The van der Waals surface area contributed by atoms with Crippen LogP contribution in [0.2, 0.25) is 0 Å². The molecule has 98 valence electrons. The van der Waals surface area contributed by atoms with Gasteiger partial charge in [0.15, 0.2) is 5.78 Å². The highest BCUT2D eigenvalue weighted by atomic mass is 16.1. The first-order chi connectivity index (χ1) is 8.51. The van der Waals surface area contributed by atoms with Crippen LogP contribution in [-0.4, -0.2) is 34.3 Å². The van der Waals surface area contributed by atoms with E-state index in [2.05, 4.69) is 9.88 Å². The molecule has 0 N–H and O–H groups in total. The maximum Gasteiger partial charge on any atom is 0.184 e. The van der Waals surface area contributed by atoms with Crippen molar-refractivity contribution in [3.63, 3.8) is 0 Å². The molecule has 2 rings (SSSR count). The number of aromatic nitrogens is 1. The fraction of sp³-hybridized carbons (Fsp3) is 0.600. The first kappa shape index (κ1) is 13.2. The minimum Gasteiger partial charge on any atom is -0.292 e. The Bertz CT molecular complexity index is 417. The third-order valence-corrected chi connectivity index (χ3v) is 3.88. The minimum atomic E-state index is -0.419. The summed E-state index contributed by atoms with van der Waals surface area (Å²) in [5, 5.41) is 0. The van der Waals surface area contributed by atoms with Gasteiger partial charge in [0.1, 0.15) is 0 Å². The number of Topliss-reactive ketones (excluding diaryl/α,β-unsaturated/α-hetero) is 1. The van der Waals surface area contributed by atoms with Crippen molar-refractivity contribution in [2.75, 3.05) is 13.1 Å². The molecule has 3 heteroatoms. The first-order valence-corrected chi connectivity index (χ1v) is 6.74. The lowest BCUT2D eigenvalue weighted by Gasteiger charge is -2.39. The third-order valence-electron chi connectivity index (χ3n) is 3.88. The number of rotatable bonds is 3. The molecular formula is C15H22N2O. The highest BCUT2D eigenvalue weighted by molar-refractivity contribution is 6.02. The Kier molecular flexibility index (Phi) is 3.81. The van der Waals surface area contributed by atoms with E-state index in [1.807, 2.05) is 32.9 Å². The van der Waals surface area contributed by atoms with Gasteiger partial charge in [-0.2, -0.15) is 0 Å². The molecule has 1 saturated heterocycles. The Labute approximate surface area is 109 Å². The number of hydrogen-bond acceptors (Lipinski definition) is 3. The van der Waals surface area contributed by atoms with Crippen molar-refractivity contribution in [3.05, 3.63) is 29.6 Å². The number of piperidine rings is 1. The van der Waals surface area contributed by atoms with Crippen molar-refractivity contribution < 1.29 is 4.79 Å². The van der Waals surface area contributed by atoms with Crippen LogP contribution in [0.4, 0.5) is 0 Å². The van der Waals surface area contributed by atoms with Gasteiger partial charge in [0, 0.05) is 17.5 Å². The van der Waals surface area contributed by atoms with Gasteiger partial charge in [-0.3, -0.25) is 14.7 Å². The third kappa shape index (κ3) is 2.61. The monoisotopic (exact) mass is 246 g/mol. The molecular weight excluding hydrogens is 224 g/mol. The summed E-state index contributed by atoms with van der Waals surface area (Å²) in [6.45, 7) is 8.04. The molecule has 1 aromatic rings. The molecule has 0 atom stereocenters. The second-order valence-electron chi connectivity index (χ2n) is 5.62. The average Bonchev–Trinajstić information content (AvgIpc) is 2.40. The second kappa shape index (κ2) is 5.19. The van der Waals surface area contributed by atoms with E-state index in [-0.39, 0.29) is 5.78 Å². The Morgan fingerprint density at radius 3 is 2.44 bits per heavy atom. The summed E-state index contributed by atoms with van der Waals surface area (Å²) in [6.07, 6.45) is 5.38. The number of nitrogens with zero attached hydrogens (tertiary/aromatic N) is 2. The predicted molar refractivity (Wildman–Crippen MR) is 72.8 cm³/mol. The van der Waals surface area contributed by atoms with Crippen LogP contribution in [0, 0.1) is 6.92 Å². The highest BCUT2D eigenvalue weighted by Crippen LogP contribution is 2.24. The van der Waals surface area contributed by atoms with E-state index >= 15 is 0 Å². The number of carbonyl (C=O) groups excluding carboxylic acids is 1. The van der Waals surface area contributed by atoms with Gasteiger partial charge >= 0.3 is 0 Å². The quantitative estimate of drug-likeness (QED) is 0.769. The van der Waals surface area contributed by atoms with E-state index in [1.54, 1.807) is 6.20 Å². The lowest BCUT2D eigenvalue weighted by molar-refractivity contribution is 0.0579. The normalized spacial score (nSPS) is 17.7. The van der Waals surface area contributed by atoms with Crippen LogP contribution in [0.5, 0.6) is 0 Å². The van der Waals surface area contributed by atoms with E-state index in [0.29, 0.717) is 0 Å². The van der Waals surface area contributed by atoms with Crippen LogP contribution in [0.1, 0.15) is 49.2 Å². The zero-order valence-electron chi connectivity index (χ0n) is 11.6. The number of aryl methyl sites for hydroxylation is 1. The minimum absolute atomic E-state index is 0.178. The standard InChI is InChI=1S/C15H22N2O/c1-12-7-8-13(11-16-12)14(18)15(2,3)17-9-5-4-6-10-17/h7-8,11H,4-6,9-10H2,1-3H3. The lowest BCUT2D eigenvalue weighted by atomic mass is 9.90. The van der Waals surface area contributed by atoms with Gasteiger partial charge in [0.05, 0.1) is 5.54 Å². The van der Waals surface area contributed by atoms with Crippen molar-refractivity contribution in [3.8, 4) is 0 Å². The number of hydrogen-bond donors (Lipinski definition) is 0. The summed E-state index contributed by atoms with van der Waals surface area (Å²) in [5.74, 6) is 0.178. The number of likely N-dealkylation sites (tertiary alicyclic amines) is 1. The van der Waals surface area contributed by atoms with Crippen molar-refractivity contribution in [1.29, 1.82) is 0 Å². The maximum atomic E-state index is 12.6. The molecule has 0 unspecified atom stereocenters. The van der Waals surface area contributed by atoms with Crippen molar-refractivity contribution in [2.24, 2.45) is 0 Å². The van der Waals surface area contributed by atoms with Gasteiger partial charge < -0.3 is 0 Å². The Morgan fingerprint density at radius 1 is 1.22 bits per heavy atom. The van der Waals surface area contributed by atoms with Crippen molar-refractivity contribution in [1.82, 2.24) is 9.88 Å². The molecule has 0 spiro atoms. The SMILES string of the molecule is Cc1ccc(C(=O)C(C)(C)N2CCCCC2)cn1. The number of pyridine rings is 1. The Morgan fingerprint density at radius 2 is 1.89 bits per heavy atom. The van der Waals surface area contributed by atoms with E-state index in [1.165, 1.54) is 19.3 Å². The molecule has 3 nitrogen and oxygen atoms in total. The summed E-state index contributed by atoms with van der Waals surface area (Å²) in [5.41, 5.74) is 1.25. The summed E-state index contributed by atoms with van der Waals surface area (Å²) in [4.78, 5) is 19.1. The molecule has 2 heterocycles. The van der Waals surface area contributed by atoms with Gasteiger partial charge in [0.2, 0.25) is 0 Å². The molecule has 0 aliphatic carbocycles. The molecule has 1 aliphatic rings. The maximum absolute atomic E-state index is 12.6. The van der Waals surface area contributed by atoms with E-state index in [0.717, 1.165) is 24.3 Å². The lowest BCUT2D eigenvalue weighted by Crippen LogP contribution is -2.52. The van der Waals surface area contributed by atoms with Gasteiger partial charge in [-0.25, -0.2) is 0 Å². The average molecular weight is 246 g/mol. The smallest absolute Gasteiger partial charge is 0.184 e. The number of ketones is 1. The zero-order chi connectivity index (χ0) is 13.2. The molecule has 0 bridgehead atoms. The van der Waals surface area contributed by atoms with E-state index in [4.69, 9.17) is 0 Å². The van der Waals surface area contributed by atoms with Crippen molar-refractivity contribution in [2.45, 2.75) is 45.6 Å². The fourth-order valence-corrected chi connectivity index (χ4v) is 2.55. The first-order valence-electron chi connectivity index (χ1n) is 6.74. The predicted octanol–water partition coefficient (Wildman–Crippen LogP) is 2.84. The molecule has 0 radical (unpaired) electrons. The van der Waals surface area contributed by atoms with Gasteiger partial charge in [-0.1, -0.05) is 6.42 Å². The van der Waals surface area contributed by atoms with E-state index < -0.39 is 5.54 Å². The topological polar surface area (TPSA) is 33.2 Å². The highest BCUT2D eigenvalue weighted by Gasteiger charge is 2.35. The molecule has 1 fully saturated rings. The van der Waals surface area contributed by atoms with Crippen LogP contribution >= 0.6 is 0 Å². The molecule has 0 saturated carbocycles. The molecule has 1 aromatic heterocycles. The van der Waals surface area contributed by atoms with Crippen LogP contribution in [0.3, 0.4) is 0 Å². The molecule has 1 aliphatic heterocycles. The molecule has 0 amide bonds. The molecule has 18 heavy (non-hydrogen) atoms. The van der Waals surface area contributed by atoms with Crippen LogP contribution in [0.15, 0.2) is 18.3 Å². The van der Waals surface area contributed by atoms with Gasteiger partial charge in [-0.15, -0.1) is 0 Å². The largest absolute Gasteiger partial charge is 0.292 e.